The Hall–Kier alpha value is -1.36. The first-order valence-electron chi connectivity index (χ1n) is 4.62. The maximum Gasteiger partial charge on any atom is 0.387 e. The van der Waals surface area contributed by atoms with Gasteiger partial charge in [0.1, 0.15) is 5.75 Å². The van der Waals surface area contributed by atoms with Crippen LogP contribution in [0.15, 0.2) is 24.3 Å². The number of hydrogen-bond donors (Lipinski definition) is 2. The van der Waals surface area contributed by atoms with Crippen LogP contribution in [0.25, 0.3) is 0 Å². The van der Waals surface area contributed by atoms with Gasteiger partial charge in [0.05, 0.1) is 0 Å². The topological polar surface area (TPSA) is 47.3 Å². The number of nitrogens with one attached hydrogen (secondary N) is 1. The molecule has 0 spiro atoms. The molecule has 0 aliphatic rings. The molecule has 1 unspecified atom stereocenters. The second kappa shape index (κ2) is 5.50. The maximum absolute atomic E-state index is 11.8. The summed E-state index contributed by atoms with van der Waals surface area (Å²) in [7, 11) is 0. The molecule has 0 bridgehead atoms. The second-order valence-electron chi connectivity index (χ2n) is 3.26. The molecule has 0 fully saturated rings. The SMILES string of the molecule is CC(N)CNc1ccc(OC(F)F)cc1. The third-order valence-corrected chi connectivity index (χ3v) is 1.71. The van der Waals surface area contributed by atoms with Gasteiger partial charge in [0.15, 0.2) is 0 Å². The van der Waals surface area contributed by atoms with Crippen molar-refractivity contribution in [3.8, 4) is 5.75 Å². The van der Waals surface area contributed by atoms with Crippen molar-refractivity contribution in [2.75, 3.05) is 11.9 Å². The number of alkyl halides is 2. The first kappa shape index (κ1) is 11.7. The van der Waals surface area contributed by atoms with E-state index in [1.165, 1.54) is 12.1 Å². The molecule has 0 saturated heterocycles. The van der Waals surface area contributed by atoms with Crippen molar-refractivity contribution >= 4 is 5.69 Å². The van der Waals surface area contributed by atoms with Crippen LogP contribution in [-0.4, -0.2) is 19.2 Å². The Morgan fingerprint density at radius 2 is 1.93 bits per heavy atom. The van der Waals surface area contributed by atoms with E-state index in [0.29, 0.717) is 6.54 Å². The number of hydrogen-bond acceptors (Lipinski definition) is 3. The van der Waals surface area contributed by atoms with Gasteiger partial charge in [0, 0.05) is 18.3 Å². The van der Waals surface area contributed by atoms with Gasteiger partial charge in [-0.1, -0.05) is 0 Å². The van der Waals surface area contributed by atoms with E-state index in [1.807, 2.05) is 6.92 Å². The summed E-state index contributed by atoms with van der Waals surface area (Å²) in [6, 6.07) is 6.34. The normalized spacial score (nSPS) is 12.6. The Morgan fingerprint density at radius 3 is 2.40 bits per heavy atom. The number of anilines is 1. The monoisotopic (exact) mass is 216 g/mol. The van der Waals surface area contributed by atoms with Gasteiger partial charge in [-0.2, -0.15) is 8.78 Å². The van der Waals surface area contributed by atoms with Crippen molar-refractivity contribution in [3.05, 3.63) is 24.3 Å². The zero-order valence-corrected chi connectivity index (χ0v) is 8.41. The molecule has 84 valence electrons. The fraction of sp³-hybridized carbons (Fsp3) is 0.400. The third-order valence-electron chi connectivity index (χ3n) is 1.71. The second-order valence-corrected chi connectivity index (χ2v) is 3.26. The van der Waals surface area contributed by atoms with Gasteiger partial charge in [0.2, 0.25) is 0 Å². The van der Waals surface area contributed by atoms with E-state index < -0.39 is 6.61 Å². The van der Waals surface area contributed by atoms with Crippen LogP contribution >= 0.6 is 0 Å². The van der Waals surface area contributed by atoms with E-state index in [-0.39, 0.29) is 11.8 Å². The molecule has 0 radical (unpaired) electrons. The quantitative estimate of drug-likeness (QED) is 0.791. The van der Waals surface area contributed by atoms with Crippen molar-refractivity contribution in [2.24, 2.45) is 5.73 Å². The van der Waals surface area contributed by atoms with Gasteiger partial charge < -0.3 is 15.8 Å². The van der Waals surface area contributed by atoms with Crippen molar-refractivity contribution < 1.29 is 13.5 Å². The van der Waals surface area contributed by atoms with Crippen LogP contribution < -0.4 is 15.8 Å². The van der Waals surface area contributed by atoms with Gasteiger partial charge in [-0.15, -0.1) is 0 Å². The fourth-order valence-corrected chi connectivity index (χ4v) is 1.03. The molecule has 0 aliphatic carbocycles. The zero-order chi connectivity index (χ0) is 11.3. The summed E-state index contributed by atoms with van der Waals surface area (Å²) >= 11 is 0. The highest BCUT2D eigenvalue weighted by Gasteiger charge is 2.03. The molecule has 15 heavy (non-hydrogen) atoms. The zero-order valence-electron chi connectivity index (χ0n) is 8.41. The van der Waals surface area contributed by atoms with E-state index in [0.717, 1.165) is 5.69 Å². The van der Waals surface area contributed by atoms with E-state index in [4.69, 9.17) is 5.73 Å². The molecule has 5 heteroatoms. The number of nitrogens with two attached hydrogens (primary N) is 1. The summed E-state index contributed by atoms with van der Waals surface area (Å²) < 4.78 is 27.9. The van der Waals surface area contributed by atoms with Gasteiger partial charge in [-0.05, 0) is 31.2 Å². The molecule has 3 nitrogen and oxygen atoms in total. The smallest absolute Gasteiger partial charge is 0.387 e. The predicted molar refractivity (Wildman–Crippen MR) is 55.2 cm³/mol. The predicted octanol–water partition coefficient (Wildman–Crippen LogP) is 2.05. The first-order chi connectivity index (χ1) is 7.08. The minimum atomic E-state index is -2.78. The van der Waals surface area contributed by atoms with Crippen molar-refractivity contribution in [2.45, 2.75) is 19.6 Å². The Bertz CT molecular complexity index is 288. The average Bonchev–Trinajstić information content (AvgIpc) is 2.16. The average molecular weight is 216 g/mol. The lowest BCUT2D eigenvalue weighted by Crippen LogP contribution is -2.25. The first-order valence-corrected chi connectivity index (χ1v) is 4.62. The lowest BCUT2D eigenvalue weighted by Gasteiger charge is -2.09. The number of benzene rings is 1. The maximum atomic E-state index is 11.8. The molecule has 0 heterocycles. The van der Waals surface area contributed by atoms with Crippen LogP contribution in [0.4, 0.5) is 14.5 Å². The number of halogens is 2. The van der Waals surface area contributed by atoms with Crippen LogP contribution in [-0.2, 0) is 0 Å². The molecular formula is C10H14F2N2O. The Morgan fingerprint density at radius 1 is 1.33 bits per heavy atom. The highest BCUT2D eigenvalue weighted by Crippen LogP contribution is 2.17. The summed E-state index contributed by atoms with van der Waals surface area (Å²) in [6.07, 6.45) is 0. The number of rotatable bonds is 5. The van der Waals surface area contributed by atoms with Crippen molar-refractivity contribution in [3.63, 3.8) is 0 Å². The van der Waals surface area contributed by atoms with E-state index in [2.05, 4.69) is 10.1 Å². The standard InChI is InChI=1S/C10H14F2N2O/c1-7(13)6-14-8-2-4-9(5-3-8)15-10(11)12/h2-5,7,10,14H,6,13H2,1H3. The largest absolute Gasteiger partial charge is 0.435 e. The molecule has 0 amide bonds. The highest BCUT2D eigenvalue weighted by atomic mass is 19.3. The molecule has 0 aliphatic heterocycles. The third kappa shape index (κ3) is 4.60. The van der Waals surface area contributed by atoms with E-state index >= 15 is 0 Å². The van der Waals surface area contributed by atoms with Gasteiger partial charge in [0.25, 0.3) is 0 Å². The van der Waals surface area contributed by atoms with Gasteiger partial charge >= 0.3 is 6.61 Å². The Labute approximate surface area is 87.2 Å². The summed E-state index contributed by atoms with van der Waals surface area (Å²) in [5.41, 5.74) is 6.38. The lowest BCUT2D eigenvalue weighted by molar-refractivity contribution is -0.0498. The lowest BCUT2D eigenvalue weighted by atomic mass is 10.3. The molecular weight excluding hydrogens is 202 g/mol. The molecule has 3 N–H and O–H groups in total. The van der Waals surface area contributed by atoms with Crippen LogP contribution in [0, 0.1) is 0 Å². The fourth-order valence-electron chi connectivity index (χ4n) is 1.03. The number of ether oxygens (including phenoxy) is 1. The summed E-state index contributed by atoms with van der Waals surface area (Å²) in [4.78, 5) is 0. The molecule has 1 rings (SSSR count). The molecule has 0 saturated carbocycles. The van der Waals surface area contributed by atoms with Gasteiger partial charge in [-0.25, -0.2) is 0 Å². The Kier molecular flexibility index (Phi) is 4.30. The van der Waals surface area contributed by atoms with E-state index in [1.54, 1.807) is 12.1 Å². The van der Waals surface area contributed by atoms with Gasteiger partial charge in [-0.3, -0.25) is 0 Å². The molecule has 1 aromatic carbocycles. The van der Waals surface area contributed by atoms with Crippen molar-refractivity contribution in [1.82, 2.24) is 0 Å². The minimum Gasteiger partial charge on any atom is -0.435 e. The summed E-state index contributed by atoms with van der Waals surface area (Å²) in [5, 5.41) is 3.06. The van der Waals surface area contributed by atoms with Crippen LogP contribution in [0.5, 0.6) is 5.75 Å². The summed E-state index contributed by atoms with van der Waals surface area (Å²) in [6.45, 7) is -0.274. The molecule has 0 aromatic heterocycles. The Balaban J connectivity index is 2.49. The molecule has 1 aromatic rings. The van der Waals surface area contributed by atoms with Crippen molar-refractivity contribution in [1.29, 1.82) is 0 Å². The summed E-state index contributed by atoms with van der Waals surface area (Å²) in [5.74, 6) is 0.149. The highest BCUT2D eigenvalue weighted by molar-refractivity contribution is 5.46. The van der Waals surface area contributed by atoms with Crippen LogP contribution in [0.3, 0.4) is 0 Å². The van der Waals surface area contributed by atoms with Crippen LogP contribution in [0.1, 0.15) is 6.92 Å². The van der Waals surface area contributed by atoms with E-state index in [9.17, 15) is 8.78 Å². The minimum absolute atomic E-state index is 0.0435. The van der Waals surface area contributed by atoms with Crippen LogP contribution in [0.2, 0.25) is 0 Å². The molecule has 1 atom stereocenters.